The van der Waals surface area contributed by atoms with Crippen LogP contribution in [0, 0.1) is 11.8 Å². The van der Waals surface area contributed by atoms with Crippen LogP contribution in [-0.2, 0) is 10.2 Å². The van der Waals surface area contributed by atoms with Gasteiger partial charge in [0.25, 0.3) is 5.91 Å². The van der Waals surface area contributed by atoms with Crippen LogP contribution < -0.4 is 10.1 Å². The summed E-state index contributed by atoms with van der Waals surface area (Å²) in [6, 6.07) is 22.3. The molecule has 5 rings (SSSR count). The molecule has 1 heterocycles. The number of quaternary nitrogens is 1. The summed E-state index contributed by atoms with van der Waals surface area (Å²) in [6.07, 6.45) is 6.02. The number of carbonyl (C=O) groups is 2. The molecule has 2 fully saturated rings. The van der Waals surface area contributed by atoms with Crippen LogP contribution in [0.25, 0.3) is 10.8 Å². The van der Waals surface area contributed by atoms with Gasteiger partial charge in [-0.05, 0) is 65.9 Å². The summed E-state index contributed by atoms with van der Waals surface area (Å²) in [5.74, 6) is 1.36. The molecule has 5 nitrogen and oxygen atoms in total. The highest BCUT2D eigenvalue weighted by molar-refractivity contribution is 5.98. The maximum Gasteiger partial charge on any atom is 0.308 e. The number of ether oxygens (including phenoxy) is 1. The van der Waals surface area contributed by atoms with Crippen molar-refractivity contribution >= 4 is 22.6 Å². The topological polar surface area (TPSA) is 55.4 Å². The molecule has 0 bridgehead atoms. The Morgan fingerprint density at radius 3 is 2.62 bits per heavy atom. The normalized spacial score (nSPS) is 26.2. The first-order chi connectivity index (χ1) is 19.2. The summed E-state index contributed by atoms with van der Waals surface area (Å²) in [7, 11) is 0. The zero-order valence-electron chi connectivity index (χ0n) is 24.2. The van der Waals surface area contributed by atoms with Gasteiger partial charge in [0, 0.05) is 42.2 Å². The largest absolute Gasteiger partial charge is 0.427 e. The van der Waals surface area contributed by atoms with Crippen LogP contribution in [0.2, 0.25) is 0 Å². The van der Waals surface area contributed by atoms with Crippen molar-refractivity contribution in [3.8, 4) is 5.75 Å². The maximum absolute atomic E-state index is 13.5. The van der Waals surface area contributed by atoms with Gasteiger partial charge in [-0.2, -0.15) is 0 Å². The average Bonchev–Trinajstić information content (AvgIpc) is 2.92. The third-order valence-corrected chi connectivity index (χ3v) is 9.18. The number of fused-ring (bicyclic) bond motifs is 2. The van der Waals surface area contributed by atoms with Crippen molar-refractivity contribution in [1.29, 1.82) is 0 Å². The van der Waals surface area contributed by atoms with Crippen molar-refractivity contribution in [3.05, 3.63) is 90.5 Å². The summed E-state index contributed by atoms with van der Waals surface area (Å²) in [5, 5.41) is 5.62. The zero-order chi connectivity index (χ0) is 28.3. The second-order valence-electron chi connectivity index (χ2n) is 12.5. The molecule has 1 aliphatic heterocycles. The minimum absolute atomic E-state index is 0.00887. The fourth-order valence-corrected chi connectivity index (χ4v) is 7.67. The Morgan fingerprint density at radius 2 is 1.88 bits per heavy atom. The molecule has 40 heavy (non-hydrogen) atoms. The van der Waals surface area contributed by atoms with Crippen molar-refractivity contribution < 1.29 is 18.8 Å². The smallest absolute Gasteiger partial charge is 0.308 e. The molecule has 1 amide bonds. The molecular weight excluding hydrogens is 496 g/mol. The van der Waals surface area contributed by atoms with Gasteiger partial charge >= 0.3 is 5.97 Å². The predicted molar refractivity (Wildman–Crippen MR) is 161 cm³/mol. The number of hydrogen-bond donors (Lipinski definition) is 1. The molecule has 2 aliphatic rings. The fraction of sp³-hybridized carbons (Fsp3) is 0.429. The first kappa shape index (κ1) is 28.1. The quantitative estimate of drug-likeness (QED) is 0.151. The molecule has 0 aromatic heterocycles. The number of nitrogens with one attached hydrogen (secondary N) is 1. The third-order valence-electron chi connectivity index (χ3n) is 9.18. The number of esters is 1. The van der Waals surface area contributed by atoms with E-state index in [1.165, 1.54) is 12.5 Å². The highest BCUT2D eigenvalue weighted by Gasteiger charge is 2.53. The van der Waals surface area contributed by atoms with E-state index in [1.807, 2.05) is 42.5 Å². The third kappa shape index (κ3) is 5.85. The van der Waals surface area contributed by atoms with Crippen molar-refractivity contribution in [2.24, 2.45) is 11.8 Å². The number of carbonyl (C=O) groups excluding carboxylic acids is 2. The first-order valence-corrected chi connectivity index (χ1v) is 14.8. The minimum Gasteiger partial charge on any atom is -0.427 e. The van der Waals surface area contributed by atoms with Gasteiger partial charge in [0.15, 0.2) is 0 Å². The average molecular weight is 540 g/mol. The molecule has 1 N–H and O–H groups in total. The van der Waals surface area contributed by atoms with Crippen LogP contribution in [-0.4, -0.2) is 48.6 Å². The number of likely N-dealkylation sites (tertiary alicyclic amines) is 1. The Morgan fingerprint density at radius 1 is 1.07 bits per heavy atom. The van der Waals surface area contributed by atoms with E-state index in [1.54, 1.807) is 0 Å². The lowest BCUT2D eigenvalue weighted by Gasteiger charge is -2.56. The summed E-state index contributed by atoms with van der Waals surface area (Å²) in [4.78, 5) is 25.2. The van der Waals surface area contributed by atoms with E-state index >= 15 is 0 Å². The Kier molecular flexibility index (Phi) is 8.14. The zero-order valence-corrected chi connectivity index (χ0v) is 24.2. The standard InChI is InChI=1S/C35H42N2O3/c1-5-18-37(23-25(2)3)19-17-35(30-11-8-12-33(21-30)40-26(4)38)22-32(16-15-31(35)24-37)36-34(39)29-14-13-27-9-6-7-10-28(27)20-29/h5-14,20-21,25,31-32H,1,15-19,22-24H2,2-4H3/p+1/t31?,32-,35+,37-/m0/s1. The van der Waals surface area contributed by atoms with Crippen molar-refractivity contribution in [2.75, 3.05) is 26.2 Å². The summed E-state index contributed by atoms with van der Waals surface area (Å²) in [6.45, 7) is 14.5. The Bertz CT molecular complexity index is 1400. The van der Waals surface area contributed by atoms with Crippen LogP contribution in [0.5, 0.6) is 5.75 Å². The van der Waals surface area contributed by atoms with Gasteiger partial charge in [-0.3, -0.25) is 9.59 Å². The van der Waals surface area contributed by atoms with Crippen LogP contribution in [0.1, 0.15) is 62.4 Å². The Balaban J connectivity index is 1.44. The SMILES string of the molecule is C=CC[N@@+]1(CC(C)C)CC[C@]2(c3cccc(OC(C)=O)c3)C[C@@H](NC(=O)c3ccc4ccccc4c3)CCC2C1. The summed E-state index contributed by atoms with van der Waals surface area (Å²) in [5.41, 5.74) is 1.84. The van der Waals surface area contributed by atoms with Crippen molar-refractivity contribution in [2.45, 2.75) is 57.9 Å². The molecule has 5 heteroatoms. The molecule has 0 spiro atoms. The van der Waals surface area contributed by atoms with Crippen LogP contribution in [0.15, 0.2) is 79.4 Å². The number of benzene rings is 3. The molecule has 3 aromatic carbocycles. The lowest BCUT2D eigenvalue weighted by Crippen LogP contribution is -2.64. The lowest BCUT2D eigenvalue weighted by molar-refractivity contribution is -0.935. The van der Waals surface area contributed by atoms with E-state index in [0.717, 1.165) is 67.1 Å². The molecule has 1 saturated heterocycles. The molecule has 1 aliphatic carbocycles. The second-order valence-corrected chi connectivity index (χ2v) is 12.5. The number of rotatable bonds is 8. The highest BCUT2D eigenvalue weighted by atomic mass is 16.5. The van der Waals surface area contributed by atoms with Gasteiger partial charge in [-0.1, -0.05) is 62.9 Å². The van der Waals surface area contributed by atoms with Crippen molar-refractivity contribution in [1.82, 2.24) is 5.32 Å². The summed E-state index contributed by atoms with van der Waals surface area (Å²) < 4.78 is 6.59. The van der Waals surface area contributed by atoms with Gasteiger partial charge in [0.05, 0.1) is 26.2 Å². The minimum atomic E-state index is -0.308. The first-order valence-electron chi connectivity index (χ1n) is 14.8. The number of piperidine rings is 1. The van der Waals surface area contributed by atoms with Gasteiger partial charge in [-0.15, -0.1) is 0 Å². The predicted octanol–water partition coefficient (Wildman–Crippen LogP) is 6.66. The molecule has 1 saturated carbocycles. The number of amides is 1. The Hall–Kier alpha value is -3.44. The maximum atomic E-state index is 13.5. The van der Waals surface area contributed by atoms with E-state index in [2.05, 4.69) is 56.1 Å². The summed E-state index contributed by atoms with van der Waals surface area (Å²) >= 11 is 0. The molecular formula is C35H43N2O3+. The van der Waals surface area contributed by atoms with E-state index in [9.17, 15) is 9.59 Å². The highest BCUT2D eigenvalue weighted by Crippen LogP contribution is 2.51. The van der Waals surface area contributed by atoms with Gasteiger partial charge in [0.2, 0.25) is 0 Å². The van der Waals surface area contributed by atoms with E-state index in [0.29, 0.717) is 23.1 Å². The second kappa shape index (κ2) is 11.6. The fourth-order valence-electron chi connectivity index (χ4n) is 7.67. The van der Waals surface area contributed by atoms with Crippen LogP contribution >= 0.6 is 0 Å². The lowest BCUT2D eigenvalue weighted by atomic mass is 9.57. The number of hydrogen-bond acceptors (Lipinski definition) is 3. The van der Waals surface area contributed by atoms with Gasteiger partial charge < -0.3 is 14.5 Å². The van der Waals surface area contributed by atoms with Gasteiger partial charge in [-0.25, -0.2) is 0 Å². The van der Waals surface area contributed by atoms with Gasteiger partial charge in [0.1, 0.15) is 5.75 Å². The molecule has 210 valence electrons. The van der Waals surface area contributed by atoms with Crippen molar-refractivity contribution in [3.63, 3.8) is 0 Å². The number of nitrogens with zero attached hydrogens (tertiary/aromatic N) is 1. The van der Waals surface area contributed by atoms with E-state index in [4.69, 9.17) is 4.74 Å². The molecule has 3 aromatic rings. The molecule has 4 atom stereocenters. The molecule has 1 unspecified atom stereocenters. The Labute approximate surface area is 238 Å². The van der Waals surface area contributed by atoms with Crippen LogP contribution in [0.4, 0.5) is 0 Å². The van der Waals surface area contributed by atoms with E-state index < -0.39 is 0 Å². The van der Waals surface area contributed by atoms with E-state index in [-0.39, 0.29) is 23.3 Å². The molecule has 0 radical (unpaired) electrons. The monoisotopic (exact) mass is 539 g/mol. The van der Waals surface area contributed by atoms with Crippen LogP contribution in [0.3, 0.4) is 0 Å².